The Balaban J connectivity index is 1.66. The topological polar surface area (TPSA) is 66.8 Å². The summed E-state index contributed by atoms with van der Waals surface area (Å²) < 4.78 is 1.07. The Kier molecular flexibility index (Phi) is 4.17. The van der Waals surface area contributed by atoms with Gasteiger partial charge in [-0.15, -0.1) is 11.3 Å². The molecule has 7 heteroatoms. The zero-order valence-corrected chi connectivity index (χ0v) is 18.0. The molecular formula is C22H24N6S. The highest BCUT2D eigenvalue weighted by molar-refractivity contribution is 7.26. The molecule has 1 N–H and O–H groups in total. The molecule has 1 aliphatic carbocycles. The first kappa shape index (κ1) is 18.2. The Morgan fingerprint density at radius 2 is 2.00 bits per heavy atom. The predicted octanol–water partition coefficient (Wildman–Crippen LogP) is 4.44. The minimum absolute atomic E-state index is 0.242. The number of rotatable bonds is 4. The third kappa shape index (κ3) is 3.09. The summed E-state index contributed by atoms with van der Waals surface area (Å²) in [6.07, 6.45) is 7.42. The van der Waals surface area contributed by atoms with Crippen molar-refractivity contribution in [2.24, 2.45) is 5.41 Å². The first-order chi connectivity index (χ1) is 13.9. The molecule has 0 atom stereocenters. The van der Waals surface area contributed by atoms with Gasteiger partial charge < -0.3 is 10.2 Å². The molecule has 0 saturated heterocycles. The molecule has 5 rings (SSSR count). The average Bonchev–Trinajstić information content (AvgIpc) is 3.22. The Morgan fingerprint density at radius 3 is 2.76 bits per heavy atom. The molecule has 0 radical (unpaired) electrons. The van der Waals surface area contributed by atoms with Gasteiger partial charge in [0.15, 0.2) is 0 Å². The highest BCUT2D eigenvalue weighted by atomic mass is 32.1. The van der Waals surface area contributed by atoms with Crippen LogP contribution in [0.25, 0.3) is 20.4 Å². The largest absolute Gasteiger partial charge is 0.365 e. The Morgan fingerprint density at radius 1 is 1.17 bits per heavy atom. The van der Waals surface area contributed by atoms with E-state index in [-0.39, 0.29) is 5.41 Å². The van der Waals surface area contributed by atoms with E-state index in [0.29, 0.717) is 6.54 Å². The van der Waals surface area contributed by atoms with Crippen molar-refractivity contribution in [2.75, 3.05) is 24.3 Å². The Hall–Kier alpha value is -2.80. The van der Waals surface area contributed by atoms with E-state index in [1.165, 1.54) is 16.5 Å². The Labute approximate surface area is 174 Å². The summed E-state index contributed by atoms with van der Waals surface area (Å²) in [6.45, 7) is 5.35. The van der Waals surface area contributed by atoms with Crippen LogP contribution in [-0.4, -0.2) is 34.0 Å². The fraction of sp³-hybridized carbons (Fsp3) is 0.364. The van der Waals surface area contributed by atoms with E-state index in [4.69, 9.17) is 4.98 Å². The number of aromatic nitrogens is 4. The normalized spacial score (nSPS) is 15.0. The zero-order valence-electron chi connectivity index (χ0n) is 17.2. The maximum atomic E-state index is 5.05. The molecule has 0 bridgehead atoms. The molecule has 4 aromatic heterocycles. The third-order valence-corrected chi connectivity index (χ3v) is 6.59. The lowest BCUT2D eigenvalue weighted by Gasteiger charge is -2.17. The van der Waals surface area contributed by atoms with Crippen LogP contribution in [-0.2, 0) is 19.4 Å². The van der Waals surface area contributed by atoms with E-state index >= 15 is 0 Å². The number of hydrogen-bond acceptors (Lipinski definition) is 7. The van der Waals surface area contributed by atoms with Gasteiger partial charge in [-0.05, 0) is 41.0 Å². The van der Waals surface area contributed by atoms with E-state index in [1.54, 1.807) is 23.9 Å². The molecule has 0 fully saturated rings. The molecule has 0 amide bonds. The van der Waals surface area contributed by atoms with Crippen LogP contribution in [0.5, 0.6) is 0 Å². The lowest BCUT2D eigenvalue weighted by molar-refractivity contribution is 0.393. The lowest BCUT2D eigenvalue weighted by atomic mass is 9.90. The van der Waals surface area contributed by atoms with Gasteiger partial charge in [0.1, 0.15) is 22.8 Å². The number of anilines is 2. The minimum Gasteiger partial charge on any atom is -0.365 e. The van der Waals surface area contributed by atoms with Crippen molar-refractivity contribution >= 4 is 43.4 Å². The molecule has 0 unspecified atom stereocenters. The van der Waals surface area contributed by atoms with E-state index in [2.05, 4.69) is 59.2 Å². The molecule has 0 aliphatic heterocycles. The van der Waals surface area contributed by atoms with Gasteiger partial charge in [0.2, 0.25) is 0 Å². The van der Waals surface area contributed by atoms with Gasteiger partial charge in [0.25, 0.3) is 0 Å². The number of pyridine rings is 2. The molecule has 4 heterocycles. The van der Waals surface area contributed by atoms with E-state index in [9.17, 15) is 0 Å². The maximum Gasteiger partial charge on any atom is 0.147 e. The SMILES string of the molecule is CN(C)c1nc2sc3c(NCc4cccnc4)ncnc3c2c2c1CC(C)(C)C2. The highest BCUT2D eigenvalue weighted by Crippen LogP contribution is 2.47. The number of nitrogens with zero attached hydrogens (tertiary/aromatic N) is 5. The predicted molar refractivity (Wildman–Crippen MR) is 120 cm³/mol. The monoisotopic (exact) mass is 404 g/mol. The van der Waals surface area contributed by atoms with Crippen LogP contribution >= 0.6 is 11.3 Å². The quantitative estimate of drug-likeness (QED) is 0.542. The van der Waals surface area contributed by atoms with Crippen molar-refractivity contribution in [1.29, 1.82) is 0 Å². The maximum absolute atomic E-state index is 5.05. The number of thiophene rings is 1. The van der Waals surface area contributed by atoms with Crippen LogP contribution < -0.4 is 10.2 Å². The summed E-state index contributed by atoms with van der Waals surface area (Å²) in [4.78, 5) is 21.6. The van der Waals surface area contributed by atoms with Crippen LogP contribution in [0, 0.1) is 5.41 Å². The van der Waals surface area contributed by atoms with Gasteiger partial charge >= 0.3 is 0 Å². The van der Waals surface area contributed by atoms with Crippen LogP contribution in [0.2, 0.25) is 0 Å². The second-order valence-corrected chi connectivity index (χ2v) is 9.70. The zero-order chi connectivity index (χ0) is 20.2. The molecule has 1 aliphatic rings. The van der Waals surface area contributed by atoms with E-state index in [0.717, 1.165) is 45.1 Å². The summed E-state index contributed by atoms with van der Waals surface area (Å²) in [5.74, 6) is 1.95. The summed E-state index contributed by atoms with van der Waals surface area (Å²) in [5, 5.41) is 4.68. The first-order valence-corrected chi connectivity index (χ1v) is 10.6. The van der Waals surface area contributed by atoms with Crippen molar-refractivity contribution in [3.8, 4) is 0 Å². The van der Waals surface area contributed by atoms with Crippen LogP contribution in [0.3, 0.4) is 0 Å². The second-order valence-electron chi connectivity index (χ2n) is 8.70. The first-order valence-electron chi connectivity index (χ1n) is 9.82. The van der Waals surface area contributed by atoms with Gasteiger partial charge in [-0.3, -0.25) is 4.98 Å². The van der Waals surface area contributed by atoms with Gasteiger partial charge in [-0.1, -0.05) is 19.9 Å². The standard InChI is InChI=1S/C22H24N6S/c1-22(2)8-14-15(9-22)20(28(3)4)27-21-16(14)17-18(29-21)19(26-12-25-17)24-11-13-6-5-7-23-10-13/h5-7,10,12H,8-9,11H2,1-4H3,(H,24,25,26). The van der Waals surface area contributed by atoms with Crippen LogP contribution in [0.4, 0.5) is 11.6 Å². The van der Waals surface area contributed by atoms with Crippen molar-refractivity contribution in [3.05, 3.63) is 47.5 Å². The molecule has 148 valence electrons. The minimum atomic E-state index is 0.242. The Bertz CT molecular complexity index is 1210. The highest BCUT2D eigenvalue weighted by Gasteiger charge is 2.34. The smallest absolute Gasteiger partial charge is 0.147 e. The summed E-state index contributed by atoms with van der Waals surface area (Å²) >= 11 is 1.68. The molecule has 4 aromatic rings. The third-order valence-electron chi connectivity index (χ3n) is 5.51. The average molecular weight is 405 g/mol. The van der Waals surface area contributed by atoms with Crippen LogP contribution in [0.15, 0.2) is 30.9 Å². The number of nitrogens with one attached hydrogen (secondary N) is 1. The van der Waals surface area contributed by atoms with Crippen molar-refractivity contribution in [1.82, 2.24) is 19.9 Å². The molecule has 29 heavy (non-hydrogen) atoms. The van der Waals surface area contributed by atoms with Crippen molar-refractivity contribution in [2.45, 2.75) is 33.2 Å². The fourth-order valence-electron chi connectivity index (χ4n) is 4.28. The summed E-state index contributed by atoms with van der Waals surface area (Å²) in [6, 6.07) is 4.01. The number of hydrogen-bond donors (Lipinski definition) is 1. The van der Waals surface area contributed by atoms with E-state index in [1.807, 2.05) is 12.3 Å². The molecule has 6 nitrogen and oxygen atoms in total. The molecule has 0 saturated carbocycles. The van der Waals surface area contributed by atoms with Gasteiger partial charge in [-0.2, -0.15) is 0 Å². The lowest BCUT2D eigenvalue weighted by Crippen LogP contribution is -2.14. The van der Waals surface area contributed by atoms with Crippen molar-refractivity contribution < 1.29 is 0 Å². The second kappa shape index (κ2) is 6.62. The summed E-state index contributed by atoms with van der Waals surface area (Å²) in [5.41, 5.74) is 5.16. The van der Waals surface area contributed by atoms with Gasteiger partial charge in [-0.25, -0.2) is 15.0 Å². The summed E-state index contributed by atoms with van der Waals surface area (Å²) in [7, 11) is 4.15. The van der Waals surface area contributed by atoms with Gasteiger partial charge in [0.05, 0.1) is 10.2 Å². The number of fused-ring (bicyclic) bond motifs is 5. The molecule has 0 spiro atoms. The van der Waals surface area contributed by atoms with Gasteiger partial charge in [0, 0.05) is 38.4 Å². The van der Waals surface area contributed by atoms with E-state index < -0.39 is 0 Å². The van der Waals surface area contributed by atoms with Crippen LogP contribution in [0.1, 0.15) is 30.5 Å². The van der Waals surface area contributed by atoms with Crippen molar-refractivity contribution in [3.63, 3.8) is 0 Å². The molecular weight excluding hydrogens is 380 g/mol. The molecule has 0 aromatic carbocycles. The fourth-order valence-corrected chi connectivity index (χ4v) is 5.40.